The lowest BCUT2D eigenvalue weighted by atomic mass is 9.73. The first kappa shape index (κ1) is 17.3. The van der Waals surface area contributed by atoms with Gasteiger partial charge in [0.2, 0.25) is 5.91 Å². The monoisotopic (exact) mass is 319 g/mol. The number of hydrogen-bond acceptors (Lipinski definition) is 3. The Bertz CT molecular complexity index is 538. The van der Waals surface area contributed by atoms with E-state index in [1.54, 1.807) is 0 Å². The van der Waals surface area contributed by atoms with Crippen molar-refractivity contribution in [3.63, 3.8) is 0 Å². The maximum absolute atomic E-state index is 11.9. The van der Waals surface area contributed by atoms with Crippen molar-refractivity contribution in [3.8, 4) is 5.75 Å². The number of nitrogens with one attached hydrogen (secondary N) is 1. The highest BCUT2D eigenvalue weighted by Crippen LogP contribution is 2.34. The van der Waals surface area contributed by atoms with Crippen LogP contribution < -0.4 is 10.1 Å². The van der Waals surface area contributed by atoms with Gasteiger partial charge in [-0.2, -0.15) is 0 Å². The average Bonchev–Trinajstić information content (AvgIpc) is 2.44. The lowest BCUT2D eigenvalue weighted by Crippen LogP contribution is -2.44. The summed E-state index contributed by atoms with van der Waals surface area (Å²) in [7, 11) is 0. The van der Waals surface area contributed by atoms with E-state index >= 15 is 0 Å². The molecule has 0 saturated heterocycles. The topological polar surface area (TPSA) is 75.6 Å². The smallest absolute Gasteiger partial charge is 0.307 e. The minimum atomic E-state index is -0.867. The number of rotatable bonds is 8. The van der Waals surface area contributed by atoms with Crippen LogP contribution in [-0.4, -0.2) is 30.1 Å². The summed E-state index contributed by atoms with van der Waals surface area (Å²) < 4.78 is 5.63. The van der Waals surface area contributed by atoms with E-state index in [-0.39, 0.29) is 11.8 Å². The van der Waals surface area contributed by atoms with Crippen molar-refractivity contribution in [3.05, 3.63) is 29.8 Å². The van der Waals surface area contributed by atoms with Crippen molar-refractivity contribution >= 4 is 11.9 Å². The second-order valence-corrected chi connectivity index (χ2v) is 6.52. The molecule has 1 saturated carbocycles. The normalized spacial score (nSPS) is 20.0. The van der Waals surface area contributed by atoms with Gasteiger partial charge in [0, 0.05) is 6.54 Å². The van der Waals surface area contributed by atoms with Crippen LogP contribution in [0.5, 0.6) is 5.75 Å². The summed E-state index contributed by atoms with van der Waals surface area (Å²) in [5.41, 5.74) is 1.12. The van der Waals surface area contributed by atoms with Gasteiger partial charge in [-0.05, 0) is 42.9 Å². The number of amides is 1. The van der Waals surface area contributed by atoms with E-state index in [0.717, 1.165) is 17.7 Å². The Kier molecular flexibility index (Phi) is 6.02. The molecular weight excluding hydrogens is 294 g/mol. The molecule has 5 heteroatoms. The molecule has 0 spiro atoms. The standard InChI is InChI=1S/C18H25NO4/c1-12(2)11-23-14-5-3-13(4-6-14)9-10-19-17(20)15-7-8-16(15)18(21)22/h3-6,12,15-16H,7-11H2,1-2H3,(H,19,20)(H,21,22). The molecule has 0 aliphatic heterocycles. The van der Waals surface area contributed by atoms with E-state index < -0.39 is 11.9 Å². The van der Waals surface area contributed by atoms with Gasteiger partial charge in [-0.25, -0.2) is 0 Å². The molecule has 2 unspecified atom stereocenters. The zero-order valence-corrected chi connectivity index (χ0v) is 13.7. The minimum absolute atomic E-state index is 0.138. The van der Waals surface area contributed by atoms with Crippen LogP contribution in [0.15, 0.2) is 24.3 Å². The fourth-order valence-corrected chi connectivity index (χ4v) is 2.59. The molecule has 2 rings (SSSR count). The van der Waals surface area contributed by atoms with Gasteiger partial charge in [-0.15, -0.1) is 0 Å². The van der Waals surface area contributed by atoms with Crippen LogP contribution in [0, 0.1) is 17.8 Å². The van der Waals surface area contributed by atoms with Crippen LogP contribution in [-0.2, 0) is 16.0 Å². The van der Waals surface area contributed by atoms with Crippen LogP contribution in [0.4, 0.5) is 0 Å². The van der Waals surface area contributed by atoms with Gasteiger partial charge in [0.05, 0.1) is 18.4 Å². The third kappa shape index (κ3) is 4.98. The van der Waals surface area contributed by atoms with E-state index in [9.17, 15) is 9.59 Å². The Balaban J connectivity index is 1.71. The maximum atomic E-state index is 11.9. The summed E-state index contributed by atoms with van der Waals surface area (Å²) in [6, 6.07) is 7.86. The van der Waals surface area contributed by atoms with Crippen LogP contribution in [0.25, 0.3) is 0 Å². The third-order valence-corrected chi connectivity index (χ3v) is 4.15. The highest BCUT2D eigenvalue weighted by atomic mass is 16.5. The Morgan fingerprint density at radius 3 is 2.39 bits per heavy atom. The average molecular weight is 319 g/mol. The molecule has 2 N–H and O–H groups in total. The molecular formula is C18H25NO4. The SMILES string of the molecule is CC(C)COc1ccc(CCNC(=O)C2CCC2C(=O)O)cc1. The number of carboxylic acid groups (broad SMARTS) is 1. The first-order valence-electron chi connectivity index (χ1n) is 8.19. The Morgan fingerprint density at radius 1 is 1.22 bits per heavy atom. The second kappa shape index (κ2) is 7.99. The van der Waals surface area contributed by atoms with Crippen LogP contribution >= 0.6 is 0 Å². The van der Waals surface area contributed by atoms with E-state index in [4.69, 9.17) is 9.84 Å². The number of hydrogen-bond donors (Lipinski definition) is 2. The van der Waals surface area contributed by atoms with Crippen molar-refractivity contribution in [2.45, 2.75) is 33.1 Å². The largest absolute Gasteiger partial charge is 0.493 e. The van der Waals surface area contributed by atoms with Gasteiger partial charge >= 0.3 is 5.97 Å². The number of carboxylic acids is 1. The molecule has 23 heavy (non-hydrogen) atoms. The van der Waals surface area contributed by atoms with Crippen LogP contribution in [0.2, 0.25) is 0 Å². The first-order valence-corrected chi connectivity index (χ1v) is 8.19. The van der Waals surface area contributed by atoms with Crippen LogP contribution in [0.1, 0.15) is 32.3 Å². The van der Waals surface area contributed by atoms with E-state index in [2.05, 4.69) is 19.2 Å². The van der Waals surface area contributed by atoms with Gasteiger partial charge in [0.15, 0.2) is 0 Å². The minimum Gasteiger partial charge on any atom is -0.493 e. The molecule has 1 aliphatic rings. The second-order valence-electron chi connectivity index (χ2n) is 6.52. The molecule has 126 valence electrons. The molecule has 0 aromatic heterocycles. The van der Waals surface area contributed by atoms with Crippen molar-refractivity contribution in [1.82, 2.24) is 5.32 Å². The van der Waals surface area contributed by atoms with Gasteiger partial charge in [-0.3, -0.25) is 9.59 Å². The molecule has 1 aliphatic carbocycles. The van der Waals surface area contributed by atoms with E-state index in [0.29, 0.717) is 31.9 Å². The maximum Gasteiger partial charge on any atom is 0.307 e. The predicted octanol–water partition coefficient (Wildman–Crippen LogP) is 2.49. The van der Waals surface area contributed by atoms with E-state index in [1.165, 1.54) is 0 Å². The fourth-order valence-electron chi connectivity index (χ4n) is 2.59. The first-order chi connectivity index (χ1) is 11.0. The van der Waals surface area contributed by atoms with E-state index in [1.807, 2.05) is 24.3 Å². The lowest BCUT2D eigenvalue weighted by Gasteiger charge is -2.31. The summed E-state index contributed by atoms with van der Waals surface area (Å²) in [5, 5.41) is 11.8. The van der Waals surface area contributed by atoms with Gasteiger partial charge in [0.25, 0.3) is 0 Å². The highest BCUT2D eigenvalue weighted by molar-refractivity contribution is 5.86. The summed E-state index contributed by atoms with van der Waals surface area (Å²) >= 11 is 0. The number of ether oxygens (including phenoxy) is 1. The Morgan fingerprint density at radius 2 is 1.87 bits per heavy atom. The van der Waals surface area contributed by atoms with Gasteiger partial charge < -0.3 is 15.2 Å². The molecule has 1 aromatic carbocycles. The number of benzene rings is 1. The van der Waals surface area contributed by atoms with Gasteiger partial charge in [-0.1, -0.05) is 26.0 Å². The number of carbonyl (C=O) groups excluding carboxylic acids is 1. The number of carbonyl (C=O) groups is 2. The molecule has 2 atom stereocenters. The molecule has 0 heterocycles. The lowest BCUT2D eigenvalue weighted by molar-refractivity contribution is -0.152. The van der Waals surface area contributed by atoms with Crippen molar-refractivity contribution < 1.29 is 19.4 Å². The summed E-state index contributed by atoms with van der Waals surface area (Å²) in [5.74, 6) is -0.531. The molecule has 0 radical (unpaired) electrons. The third-order valence-electron chi connectivity index (χ3n) is 4.15. The number of aliphatic carboxylic acids is 1. The van der Waals surface area contributed by atoms with Crippen molar-refractivity contribution in [1.29, 1.82) is 0 Å². The van der Waals surface area contributed by atoms with Gasteiger partial charge in [0.1, 0.15) is 5.75 Å². The fraction of sp³-hybridized carbons (Fsp3) is 0.556. The molecule has 1 fully saturated rings. The summed E-state index contributed by atoms with van der Waals surface area (Å²) in [4.78, 5) is 22.9. The quantitative estimate of drug-likeness (QED) is 0.772. The molecule has 0 bridgehead atoms. The van der Waals surface area contributed by atoms with Crippen molar-refractivity contribution in [2.24, 2.45) is 17.8 Å². The highest BCUT2D eigenvalue weighted by Gasteiger charge is 2.41. The predicted molar refractivity (Wildman–Crippen MR) is 87.3 cm³/mol. The molecule has 1 amide bonds. The Labute approximate surface area is 137 Å². The van der Waals surface area contributed by atoms with Crippen molar-refractivity contribution in [2.75, 3.05) is 13.2 Å². The summed E-state index contributed by atoms with van der Waals surface area (Å²) in [6.07, 6.45) is 2.00. The summed E-state index contributed by atoms with van der Waals surface area (Å²) in [6.45, 7) is 5.43. The van der Waals surface area contributed by atoms with Crippen LogP contribution in [0.3, 0.4) is 0 Å². The Hall–Kier alpha value is -2.04. The molecule has 1 aromatic rings. The zero-order chi connectivity index (χ0) is 16.8. The zero-order valence-electron chi connectivity index (χ0n) is 13.7. The molecule has 5 nitrogen and oxygen atoms in total.